The molecule has 0 spiro atoms. The van der Waals surface area contributed by atoms with Crippen molar-refractivity contribution in [3.05, 3.63) is 29.8 Å². The van der Waals surface area contributed by atoms with Crippen LogP contribution in [0.5, 0.6) is 0 Å². The predicted molar refractivity (Wildman–Crippen MR) is 64.3 cm³/mol. The van der Waals surface area contributed by atoms with E-state index in [1.54, 1.807) is 0 Å². The molecule has 18 heavy (non-hydrogen) atoms. The first kappa shape index (κ1) is 13.3. The van der Waals surface area contributed by atoms with Crippen LogP contribution in [0.15, 0.2) is 23.1 Å². The third-order valence-electron chi connectivity index (χ3n) is 2.73. The summed E-state index contributed by atoms with van der Waals surface area (Å²) in [6, 6.07) is 3.29. The van der Waals surface area contributed by atoms with Crippen molar-refractivity contribution in [1.82, 2.24) is 5.32 Å². The summed E-state index contributed by atoms with van der Waals surface area (Å²) in [6.07, 6.45) is 0.820. The molecule has 0 aliphatic heterocycles. The minimum absolute atomic E-state index is 0.0196. The average molecular weight is 273 g/mol. The maximum absolute atomic E-state index is 13.3. The van der Waals surface area contributed by atoms with E-state index in [0.29, 0.717) is 12.8 Å². The number of benzene rings is 1. The summed E-state index contributed by atoms with van der Waals surface area (Å²) in [5, 5.41) is 11.8. The molecule has 2 rings (SSSR count). The highest BCUT2D eigenvalue weighted by Gasteiger charge is 2.28. The topological polar surface area (TPSA) is 49.3 Å². The van der Waals surface area contributed by atoms with Gasteiger partial charge in [0.05, 0.1) is 11.9 Å². The Morgan fingerprint density at radius 2 is 2.17 bits per heavy atom. The molecule has 0 saturated heterocycles. The lowest BCUT2D eigenvalue weighted by Crippen LogP contribution is -2.47. The lowest BCUT2D eigenvalue weighted by atomic mass is 9.89. The van der Waals surface area contributed by atoms with Crippen LogP contribution in [0.3, 0.4) is 0 Å². The van der Waals surface area contributed by atoms with Gasteiger partial charge in [0.15, 0.2) is 0 Å². The van der Waals surface area contributed by atoms with Gasteiger partial charge in [-0.1, -0.05) is 0 Å². The molecule has 0 radical (unpaired) electrons. The van der Waals surface area contributed by atoms with Crippen LogP contribution < -0.4 is 5.32 Å². The lowest BCUT2D eigenvalue weighted by molar-refractivity contribution is -0.120. The minimum Gasteiger partial charge on any atom is -0.393 e. The number of halogens is 2. The summed E-state index contributed by atoms with van der Waals surface area (Å²) in [5.74, 6) is -1.42. The van der Waals surface area contributed by atoms with E-state index in [4.69, 9.17) is 5.11 Å². The first-order valence-electron chi connectivity index (χ1n) is 5.60. The average Bonchev–Trinajstić information content (AvgIpc) is 2.26. The molecule has 1 aromatic carbocycles. The first-order chi connectivity index (χ1) is 8.54. The van der Waals surface area contributed by atoms with Crippen LogP contribution in [0.2, 0.25) is 0 Å². The molecule has 1 aliphatic carbocycles. The zero-order valence-corrected chi connectivity index (χ0v) is 10.3. The molecule has 1 saturated carbocycles. The molecule has 0 unspecified atom stereocenters. The number of thioether (sulfide) groups is 1. The molecule has 1 amide bonds. The molecule has 2 N–H and O–H groups in total. The van der Waals surface area contributed by atoms with Gasteiger partial charge in [0.1, 0.15) is 11.6 Å². The number of carbonyl (C=O) groups is 1. The Labute approximate surface area is 108 Å². The highest BCUT2D eigenvalue weighted by molar-refractivity contribution is 8.00. The SMILES string of the molecule is O=C(CSc1ccc(F)cc1F)NC1CC(O)C1. The van der Waals surface area contributed by atoms with E-state index < -0.39 is 11.6 Å². The Morgan fingerprint density at radius 1 is 1.44 bits per heavy atom. The van der Waals surface area contributed by atoms with Gasteiger partial charge in [0.25, 0.3) is 0 Å². The van der Waals surface area contributed by atoms with Gasteiger partial charge in [0, 0.05) is 17.0 Å². The fraction of sp³-hybridized carbons (Fsp3) is 0.417. The normalized spacial score (nSPS) is 22.4. The standard InChI is InChI=1S/C12H13F2NO2S/c13-7-1-2-11(10(14)3-7)18-6-12(17)15-8-4-9(16)5-8/h1-3,8-9,16H,4-6H2,(H,15,17). The number of aliphatic hydroxyl groups excluding tert-OH is 1. The van der Waals surface area contributed by atoms with Crippen molar-refractivity contribution < 1.29 is 18.7 Å². The first-order valence-corrected chi connectivity index (χ1v) is 6.58. The minimum atomic E-state index is -0.660. The number of nitrogens with one attached hydrogen (secondary N) is 1. The monoisotopic (exact) mass is 273 g/mol. The Kier molecular flexibility index (Phi) is 4.19. The summed E-state index contributed by atoms with van der Waals surface area (Å²) >= 11 is 1.03. The molecule has 1 fully saturated rings. The van der Waals surface area contributed by atoms with Crippen LogP contribution in [-0.2, 0) is 4.79 Å². The molecule has 98 valence electrons. The summed E-state index contributed by atoms with van der Waals surface area (Å²) in [4.78, 5) is 11.7. The van der Waals surface area contributed by atoms with Crippen LogP contribution in [0.4, 0.5) is 8.78 Å². The van der Waals surface area contributed by atoms with E-state index in [-0.39, 0.29) is 28.7 Å². The Hall–Kier alpha value is -1.14. The molecule has 6 heteroatoms. The second-order valence-corrected chi connectivity index (χ2v) is 5.27. The van der Waals surface area contributed by atoms with E-state index in [2.05, 4.69) is 5.32 Å². The number of carbonyl (C=O) groups excluding carboxylic acids is 1. The van der Waals surface area contributed by atoms with Gasteiger partial charge in [0.2, 0.25) is 5.91 Å². The zero-order valence-electron chi connectivity index (χ0n) is 9.53. The lowest BCUT2D eigenvalue weighted by Gasteiger charge is -2.31. The van der Waals surface area contributed by atoms with Gasteiger partial charge in [-0.15, -0.1) is 11.8 Å². The van der Waals surface area contributed by atoms with E-state index in [9.17, 15) is 13.6 Å². The van der Waals surface area contributed by atoms with Crippen molar-refractivity contribution in [1.29, 1.82) is 0 Å². The van der Waals surface area contributed by atoms with Crippen molar-refractivity contribution in [2.24, 2.45) is 0 Å². The molecule has 0 atom stereocenters. The van der Waals surface area contributed by atoms with Crippen LogP contribution >= 0.6 is 11.8 Å². The maximum atomic E-state index is 13.3. The summed E-state index contributed by atoms with van der Waals surface area (Å²) in [7, 11) is 0. The zero-order chi connectivity index (χ0) is 13.1. The van der Waals surface area contributed by atoms with E-state index in [1.807, 2.05) is 0 Å². The summed E-state index contributed by atoms with van der Waals surface area (Å²) < 4.78 is 25.9. The quantitative estimate of drug-likeness (QED) is 0.821. The smallest absolute Gasteiger partial charge is 0.230 e. The van der Waals surface area contributed by atoms with E-state index in [0.717, 1.165) is 23.9 Å². The Morgan fingerprint density at radius 3 is 2.78 bits per heavy atom. The van der Waals surface area contributed by atoms with Crippen molar-refractivity contribution >= 4 is 17.7 Å². The van der Waals surface area contributed by atoms with Crippen molar-refractivity contribution in [2.45, 2.75) is 29.9 Å². The summed E-state index contributed by atoms with van der Waals surface area (Å²) in [5.41, 5.74) is 0. The van der Waals surface area contributed by atoms with Crippen molar-refractivity contribution in [3.8, 4) is 0 Å². The second-order valence-electron chi connectivity index (χ2n) is 4.25. The maximum Gasteiger partial charge on any atom is 0.230 e. The van der Waals surface area contributed by atoms with Crippen molar-refractivity contribution in [3.63, 3.8) is 0 Å². The Balaban J connectivity index is 1.78. The number of hydrogen-bond donors (Lipinski definition) is 2. The van der Waals surface area contributed by atoms with Crippen LogP contribution in [0, 0.1) is 11.6 Å². The van der Waals surface area contributed by atoms with Gasteiger partial charge in [-0.05, 0) is 25.0 Å². The molecule has 1 aliphatic rings. The fourth-order valence-corrected chi connectivity index (χ4v) is 2.44. The second kappa shape index (κ2) is 5.67. The third-order valence-corrected chi connectivity index (χ3v) is 3.78. The van der Waals surface area contributed by atoms with Crippen LogP contribution in [-0.4, -0.2) is 28.9 Å². The van der Waals surface area contributed by atoms with Gasteiger partial charge >= 0.3 is 0 Å². The number of amides is 1. The Bertz CT molecular complexity index is 450. The number of hydrogen-bond acceptors (Lipinski definition) is 3. The highest BCUT2D eigenvalue weighted by atomic mass is 32.2. The van der Waals surface area contributed by atoms with Gasteiger partial charge in [-0.25, -0.2) is 8.78 Å². The molecule has 1 aromatic rings. The summed E-state index contributed by atoms with van der Waals surface area (Å²) in [6.45, 7) is 0. The molecule has 0 heterocycles. The molecule has 3 nitrogen and oxygen atoms in total. The van der Waals surface area contributed by atoms with Crippen LogP contribution in [0.1, 0.15) is 12.8 Å². The third kappa shape index (κ3) is 3.43. The molecular formula is C12H13F2NO2S. The van der Waals surface area contributed by atoms with E-state index >= 15 is 0 Å². The van der Waals surface area contributed by atoms with Gasteiger partial charge < -0.3 is 10.4 Å². The van der Waals surface area contributed by atoms with Crippen LogP contribution in [0.25, 0.3) is 0 Å². The molecule has 0 aromatic heterocycles. The van der Waals surface area contributed by atoms with Gasteiger partial charge in [-0.3, -0.25) is 4.79 Å². The van der Waals surface area contributed by atoms with Crippen molar-refractivity contribution in [2.75, 3.05) is 5.75 Å². The highest BCUT2D eigenvalue weighted by Crippen LogP contribution is 2.23. The predicted octanol–water partition coefficient (Wildman–Crippen LogP) is 1.70. The number of rotatable bonds is 4. The molecular weight excluding hydrogens is 260 g/mol. The van der Waals surface area contributed by atoms with Gasteiger partial charge in [-0.2, -0.15) is 0 Å². The fourth-order valence-electron chi connectivity index (χ4n) is 1.71. The molecule has 0 bridgehead atoms. The van der Waals surface area contributed by atoms with E-state index in [1.165, 1.54) is 6.07 Å². The number of aliphatic hydroxyl groups is 1. The largest absolute Gasteiger partial charge is 0.393 e.